The number of rotatable bonds is 4. The van der Waals surface area contributed by atoms with Gasteiger partial charge in [-0.1, -0.05) is 32.8 Å². The third-order valence-corrected chi connectivity index (χ3v) is 4.09. The Morgan fingerprint density at radius 1 is 1.19 bits per heavy atom. The standard InChI is InChI=1S/C17H27N3O/c1-13(2)16(20-10-5-3-4-6-11-20)17(21)19-15-9-7-8-14(18)12-15/h7-9,12-13,16H,3-6,10-11,18H2,1-2H3,(H,19,21). The maximum absolute atomic E-state index is 12.7. The van der Waals surface area contributed by atoms with Crippen LogP contribution in [-0.2, 0) is 4.79 Å². The van der Waals surface area contributed by atoms with Crippen LogP contribution in [0.3, 0.4) is 0 Å². The molecular weight excluding hydrogens is 262 g/mol. The Labute approximate surface area is 127 Å². The van der Waals surface area contributed by atoms with Crippen LogP contribution in [0.25, 0.3) is 0 Å². The Morgan fingerprint density at radius 3 is 2.43 bits per heavy atom. The minimum absolute atomic E-state index is 0.0652. The Hall–Kier alpha value is -1.55. The van der Waals surface area contributed by atoms with Crippen molar-refractivity contribution in [3.05, 3.63) is 24.3 Å². The number of hydrogen-bond acceptors (Lipinski definition) is 3. The smallest absolute Gasteiger partial charge is 0.241 e. The lowest BCUT2D eigenvalue weighted by Crippen LogP contribution is -2.47. The van der Waals surface area contributed by atoms with E-state index < -0.39 is 0 Å². The van der Waals surface area contributed by atoms with Gasteiger partial charge in [0.1, 0.15) is 0 Å². The molecule has 1 unspecified atom stereocenters. The van der Waals surface area contributed by atoms with Gasteiger partial charge in [0.2, 0.25) is 5.91 Å². The minimum Gasteiger partial charge on any atom is -0.399 e. The van der Waals surface area contributed by atoms with E-state index in [1.54, 1.807) is 6.07 Å². The van der Waals surface area contributed by atoms with Crippen molar-refractivity contribution in [2.45, 2.75) is 45.6 Å². The highest BCUT2D eigenvalue weighted by atomic mass is 16.2. The number of nitrogens with one attached hydrogen (secondary N) is 1. The molecule has 1 aromatic rings. The molecule has 116 valence electrons. The molecule has 0 bridgehead atoms. The van der Waals surface area contributed by atoms with Crippen LogP contribution in [-0.4, -0.2) is 29.9 Å². The Morgan fingerprint density at radius 2 is 1.86 bits per heavy atom. The molecular formula is C17H27N3O. The summed E-state index contributed by atoms with van der Waals surface area (Å²) < 4.78 is 0. The summed E-state index contributed by atoms with van der Waals surface area (Å²) in [6, 6.07) is 7.31. The first-order valence-electron chi connectivity index (χ1n) is 7.98. The van der Waals surface area contributed by atoms with Crippen molar-refractivity contribution in [1.82, 2.24) is 4.90 Å². The number of hydrogen-bond donors (Lipinski definition) is 2. The van der Waals surface area contributed by atoms with E-state index in [4.69, 9.17) is 5.73 Å². The molecule has 4 heteroatoms. The molecule has 4 nitrogen and oxygen atoms in total. The number of anilines is 2. The average Bonchev–Trinajstić information content (AvgIpc) is 2.67. The summed E-state index contributed by atoms with van der Waals surface area (Å²) in [6.07, 6.45) is 4.93. The van der Waals surface area contributed by atoms with Gasteiger partial charge in [-0.15, -0.1) is 0 Å². The number of carbonyl (C=O) groups is 1. The molecule has 0 radical (unpaired) electrons. The molecule has 1 aliphatic rings. The topological polar surface area (TPSA) is 58.4 Å². The van der Waals surface area contributed by atoms with Gasteiger partial charge >= 0.3 is 0 Å². The molecule has 1 aromatic carbocycles. The molecule has 0 aliphatic carbocycles. The highest BCUT2D eigenvalue weighted by molar-refractivity contribution is 5.95. The zero-order valence-corrected chi connectivity index (χ0v) is 13.1. The van der Waals surface area contributed by atoms with Crippen molar-refractivity contribution in [3.63, 3.8) is 0 Å². The predicted octanol–water partition coefficient (Wildman–Crippen LogP) is 3.11. The first-order valence-corrected chi connectivity index (χ1v) is 7.98. The van der Waals surface area contributed by atoms with E-state index in [9.17, 15) is 4.79 Å². The van der Waals surface area contributed by atoms with Crippen molar-refractivity contribution in [1.29, 1.82) is 0 Å². The summed E-state index contributed by atoms with van der Waals surface area (Å²) in [5.41, 5.74) is 7.22. The monoisotopic (exact) mass is 289 g/mol. The Kier molecular flexibility index (Phi) is 5.62. The Bertz CT molecular complexity index is 465. The first kappa shape index (κ1) is 15.8. The molecule has 1 fully saturated rings. The summed E-state index contributed by atoms with van der Waals surface area (Å²) in [5.74, 6) is 0.377. The fraction of sp³-hybridized carbons (Fsp3) is 0.588. The van der Waals surface area contributed by atoms with Gasteiger partial charge in [0, 0.05) is 11.4 Å². The van der Waals surface area contributed by atoms with Crippen LogP contribution in [0.5, 0.6) is 0 Å². The number of likely N-dealkylation sites (tertiary alicyclic amines) is 1. The summed E-state index contributed by atoms with van der Waals surface area (Å²) in [6.45, 7) is 6.28. The number of carbonyl (C=O) groups excluding carboxylic acids is 1. The Balaban J connectivity index is 2.08. The summed E-state index contributed by atoms with van der Waals surface area (Å²) >= 11 is 0. The highest BCUT2D eigenvalue weighted by Crippen LogP contribution is 2.20. The lowest BCUT2D eigenvalue weighted by Gasteiger charge is -2.32. The molecule has 0 saturated carbocycles. The molecule has 0 spiro atoms. The SMILES string of the molecule is CC(C)C(C(=O)Nc1cccc(N)c1)N1CCCCCC1. The molecule has 3 N–H and O–H groups in total. The third-order valence-electron chi connectivity index (χ3n) is 4.09. The molecule has 1 amide bonds. The fourth-order valence-corrected chi connectivity index (χ4v) is 3.10. The van der Waals surface area contributed by atoms with Gasteiger partial charge in [-0.2, -0.15) is 0 Å². The largest absolute Gasteiger partial charge is 0.399 e. The third kappa shape index (κ3) is 4.46. The van der Waals surface area contributed by atoms with Crippen LogP contribution >= 0.6 is 0 Å². The van der Waals surface area contributed by atoms with Crippen molar-refractivity contribution < 1.29 is 4.79 Å². The van der Waals surface area contributed by atoms with Crippen molar-refractivity contribution in [2.75, 3.05) is 24.1 Å². The van der Waals surface area contributed by atoms with Crippen molar-refractivity contribution in [2.24, 2.45) is 5.92 Å². The van der Waals surface area contributed by atoms with Gasteiger partial charge < -0.3 is 11.1 Å². The van der Waals surface area contributed by atoms with Gasteiger partial charge in [0.05, 0.1) is 6.04 Å². The van der Waals surface area contributed by atoms with Crippen molar-refractivity contribution >= 4 is 17.3 Å². The lowest BCUT2D eigenvalue weighted by atomic mass is 10.0. The van der Waals surface area contributed by atoms with E-state index in [-0.39, 0.29) is 11.9 Å². The quantitative estimate of drug-likeness (QED) is 0.837. The zero-order valence-electron chi connectivity index (χ0n) is 13.1. The van der Waals surface area contributed by atoms with Crippen molar-refractivity contribution in [3.8, 4) is 0 Å². The van der Waals surface area contributed by atoms with E-state index in [1.165, 1.54) is 25.7 Å². The molecule has 1 saturated heterocycles. The van der Waals surface area contributed by atoms with Crippen LogP contribution < -0.4 is 11.1 Å². The predicted molar refractivity (Wildman–Crippen MR) is 88.2 cm³/mol. The van der Waals surface area contributed by atoms with Crippen LogP contribution in [0.15, 0.2) is 24.3 Å². The number of nitrogen functional groups attached to an aromatic ring is 1. The van der Waals surface area contributed by atoms with E-state index in [1.807, 2.05) is 18.2 Å². The molecule has 1 atom stereocenters. The lowest BCUT2D eigenvalue weighted by molar-refractivity contribution is -0.122. The molecule has 0 aromatic heterocycles. The van der Waals surface area contributed by atoms with Gasteiger partial charge in [-0.3, -0.25) is 9.69 Å². The number of amides is 1. The molecule has 2 rings (SSSR count). The molecule has 21 heavy (non-hydrogen) atoms. The normalized spacial score (nSPS) is 18.2. The highest BCUT2D eigenvalue weighted by Gasteiger charge is 2.29. The number of nitrogens with zero attached hydrogens (tertiary/aromatic N) is 1. The summed E-state index contributed by atoms with van der Waals surface area (Å²) in [5, 5.41) is 3.02. The fourth-order valence-electron chi connectivity index (χ4n) is 3.10. The summed E-state index contributed by atoms with van der Waals surface area (Å²) in [4.78, 5) is 15.0. The average molecular weight is 289 g/mol. The number of benzene rings is 1. The maximum Gasteiger partial charge on any atom is 0.241 e. The van der Waals surface area contributed by atoms with Gasteiger partial charge in [0.25, 0.3) is 0 Å². The van der Waals surface area contributed by atoms with Crippen LogP contribution in [0.1, 0.15) is 39.5 Å². The van der Waals surface area contributed by atoms with Crippen LogP contribution in [0.2, 0.25) is 0 Å². The van der Waals surface area contributed by atoms with E-state index in [0.29, 0.717) is 11.6 Å². The van der Waals surface area contributed by atoms with E-state index >= 15 is 0 Å². The van der Waals surface area contributed by atoms with Crippen LogP contribution in [0, 0.1) is 5.92 Å². The number of nitrogens with two attached hydrogens (primary N) is 1. The second-order valence-corrected chi connectivity index (χ2v) is 6.25. The minimum atomic E-state index is -0.0652. The zero-order chi connectivity index (χ0) is 15.2. The second-order valence-electron chi connectivity index (χ2n) is 6.25. The van der Waals surface area contributed by atoms with Gasteiger partial charge in [0.15, 0.2) is 0 Å². The van der Waals surface area contributed by atoms with Gasteiger partial charge in [-0.05, 0) is 50.0 Å². The molecule has 1 heterocycles. The second kappa shape index (κ2) is 7.46. The first-order chi connectivity index (χ1) is 10.1. The van der Waals surface area contributed by atoms with Crippen LogP contribution in [0.4, 0.5) is 11.4 Å². The summed E-state index contributed by atoms with van der Waals surface area (Å²) in [7, 11) is 0. The van der Waals surface area contributed by atoms with Gasteiger partial charge in [-0.25, -0.2) is 0 Å². The maximum atomic E-state index is 12.7. The van der Waals surface area contributed by atoms with E-state index in [0.717, 1.165) is 18.8 Å². The molecule has 1 aliphatic heterocycles. The van der Waals surface area contributed by atoms with E-state index in [2.05, 4.69) is 24.1 Å².